The van der Waals surface area contributed by atoms with Crippen molar-refractivity contribution in [1.82, 2.24) is 0 Å². The van der Waals surface area contributed by atoms with Gasteiger partial charge in [-0.3, -0.25) is 0 Å². The quantitative estimate of drug-likeness (QED) is 0.546. The third kappa shape index (κ3) is 1.19. The molecular weight excluding hydrogens is 105 g/mol. The molecule has 1 aliphatic rings. The molecular formula is C6H12FN. The topological polar surface area (TPSA) is 26.0 Å². The molecule has 0 spiro atoms. The van der Waals surface area contributed by atoms with Crippen LogP contribution < -0.4 is 5.73 Å². The van der Waals surface area contributed by atoms with Crippen LogP contribution in [0.15, 0.2) is 0 Å². The lowest BCUT2D eigenvalue weighted by Gasteiger charge is -2.00. The van der Waals surface area contributed by atoms with E-state index in [0.29, 0.717) is 18.9 Å². The van der Waals surface area contributed by atoms with Crippen molar-refractivity contribution in [3.63, 3.8) is 0 Å². The van der Waals surface area contributed by atoms with Crippen LogP contribution in [0.1, 0.15) is 19.3 Å². The van der Waals surface area contributed by atoms with Gasteiger partial charge >= 0.3 is 0 Å². The molecule has 8 heavy (non-hydrogen) atoms. The van der Waals surface area contributed by atoms with Gasteiger partial charge in [-0.05, 0) is 31.7 Å². The van der Waals surface area contributed by atoms with Crippen LogP contribution in [0.3, 0.4) is 0 Å². The highest BCUT2D eigenvalue weighted by molar-refractivity contribution is 4.74. The molecule has 48 valence electrons. The first-order valence-electron chi connectivity index (χ1n) is 3.17. The first-order valence-corrected chi connectivity index (χ1v) is 3.17. The molecule has 0 amide bonds. The zero-order valence-electron chi connectivity index (χ0n) is 4.94. The maximum absolute atomic E-state index is 12.3. The van der Waals surface area contributed by atoms with Gasteiger partial charge in [0.15, 0.2) is 0 Å². The minimum Gasteiger partial charge on any atom is -0.330 e. The second kappa shape index (κ2) is 2.44. The maximum Gasteiger partial charge on any atom is 0.100 e. The van der Waals surface area contributed by atoms with Crippen LogP contribution in [-0.4, -0.2) is 12.7 Å². The molecule has 2 unspecified atom stereocenters. The average Bonchev–Trinajstić information content (AvgIpc) is 2.14. The first kappa shape index (κ1) is 6.02. The van der Waals surface area contributed by atoms with Crippen molar-refractivity contribution in [2.45, 2.75) is 25.4 Å². The summed E-state index contributed by atoms with van der Waals surface area (Å²) in [6, 6.07) is 0. The van der Waals surface area contributed by atoms with Gasteiger partial charge in [0.1, 0.15) is 6.17 Å². The highest BCUT2D eigenvalue weighted by atomic mass is 19.1. The monoisotopic (exact) mass is 117 g/mol. The highest BCUT2D eigenvalue weighted by Crippen LogP contribution is 2.26. The predicted molar refractivity (Wildman–Crippen MR) is 31.3 cm³/mol. The normalized spacial score (nSPS) is 38.2. The zero-order valence-corrected chi connectivity index (χ0v) is 4.94. The van der Waals surface area contributed by atoms with E-state index in [1.165, 1.54) is 0 Å². The predicted octanol–water partition coefficient (Wildman–Crippen LogP) is 1.08. The van der Waals surface area contributed by atoms with Gasteiger partial charge in [-0.25, -0.2) is 4.39 Å². The minimum absolute atomic E-state index is 0.477. The van der Waals surface area contributed by atoms with Gasteiger partial charge in [-0.15, -0.1) is 0 Å². The third-order valence-electron chi connectivity index (χ3n) is 1.81. The summed E-state index contributed by atoms with van der Waals surface area (Å²) in [6.07, 6.45) is 1.89. The van der Waals surface area contributed by atoms with Gasteiger partial charge in [0.05, 0.1) is 0 Å². The van der Waals surface area contributed by atoms with Gasteiger partial charge in [-0.1, -0.05) is 0 Å². The molecule has 2 N–H and O–H groups in total. The highest BCUT2D eigenvalue weighted by Gasteiger charge is 2.22. The van der Waals surface area contributed by atoms with Crippen LogP contribution in [-0.2, 0) is 0 Å². The van der Waals surface area contributed by atoms with E-state index in [2.05, 4.69) is 0 Å². The molecule has 0 radical (unpaired) electrons. The fourth-order valence-electron chi connectivity index (χ4n) is 1.23. The van der Waals surface area contributed by atoms with Gasteiger partial charge in [-0.2, -0.15) is 0 Å². The summed E-state index contributed by atoms with van der Waals surface area (Å²) in [5, 5.41) is 0. The Hall–Kier alpha value is -0.110. The Labute approximate surface area is 49.1 Å². The number of hydrogen-bond acceptors (Lipinski definition) is 1. The summed E-state index contributed by atoms with van der Waals surface area (Å²) in [6.45, 7) is 0.667. The molecule has 0 heterocycles. The van der Waals surface area contributed by atoms with Crippen LogP contribution in [0.25, 0.3) is 0 Å². The fourth-order valence-corrected chi connectivity index (χ4v) is 1.23. The summed E-state index contributed by atoms with van der Waals surface area (Å²) in [5.74, 6) is 0.477. The Kier molecular flexibility index (Phi) is 1.84. The average molecular weight is 117 g/mol. The SMILES string of the molecule is NCC1CCC(F)C1. The van der Waals surface area contributed by atoms with Crippen LogP contribution in [0.2, 0.25) is 0 Å². The molecule has 0 aromatic heterocycles. The van der Waals surface area contributed by atoms with Crippen molar-refractivity contribution in [3.05, 3.63) is 0 Å². The van der Waals surface area contributed by atoms with E-state index < -0.39 is 6.17 Å². The fraction of sp³-hybridized carbons (Fsp3) is 1.00. The van der Waals surface area contributed by atoms with Crippen LogP contribution >= 0.6 is 0 Å². The van der Waals surface area contributed by atoms with E-state index in [9.17, 15) is 4.39 Å². The Balaban J connectivity index is 2.22. The van der Waals surface area contributed by atoms with E-state index in [0.717, 1.165) is 12.8 Å². The molecule has 1 rings (SSSR count). The third-order valence-corrected chi connectivity index (χ3v) is 1.81. The minimum atomic E-state index is -0.552. The number of rotatable bonds is 1. The van der Waals surface area contributed by atoms with Gasteiger partial charge in [0.2, 0.25) is 0 Å². The van der Waals surface area contributed by atoms with E-state index in [4.69, 9.17) is 5.73 Å². The standard InChI is InChI=1S/C6H12FN/c7-6-2-1-5(3-6)4-8/h5-6H,1-4,8H2. The number of hydrogen-bond donors (Lipinski definition) is 1. The lowest BCUT2D eigenvalue weighted by atomic mass is 10.1. The Morgan fingerprint density at radius 3 is 2.50 bits per heavy atom. The molecule has 0 aromatic carbocycles. The molecule has 2 heteroatoms. The van der Waals surface area contributed by atoms with Crippen LogP contribution in [0, 0.1) is 5.92 Å². The molecule has 1 nitrogen and oxygen atoms in total. The second-order valence-electron chi connectivity index (χ2n) is 2.51. The van der Waals surface area contributed by atoms with E-state index in [1.807, 2.05) is 0 Å². The van der Waals surface area contributed by atoms with Crippen molar-refractivity contribution in [3.8, 4) is 0 Å². The van der Waals surface area contributed by atoms with Crippen LogP contribution in [0.5, 0.6) is 0 Å². The Morgan fingerprint density at radius 2 is 2.25 bits per heavy atom. The molecule has 2 atom stereocenters. The van der Waals surface area contributed by atoms with E-state index >= 15 is 0 Å². The molecule has 1 fully saturated rings. The summed E-state index contributed by atoms with van der Waals surface area (Å²) >= 11 is 0. The van der Waals surface area contributed by atoms with Crippen molar-refractivity contribution < 1.29 is 4.39 Å². The molecule has 1 aliphatic carbocycles. The summed E-state index contributed by atoms with van der Waals surface area (Å²) in [5.41, 5.74) is 5.33. The van der Waals surface area contributed by atoms with Gasteiger partial charge in [0.25, 0.3) is 0 Å². The lowest BCUT2D eigenvalue weighted by Crippen LogP contribution is -2.10. The van der Waals surface area contributed by atoms with Crippen molar-refractivity contribution in [2.75, 3.05) is 6.54 Å². The summed E-state index contributed by atoms with van der Waals surface area (Å²) in [7, 11) is 0. The number of alkyl halides is 1. The van der Waals surface area contributed by atoms with Gasteiger partial charge < -0.3 is 5.73 Å². The van der Waals surface area contributed by atoms with Crippen LogP contribution in [0.4, 0.5) is 4.39 Å². The van der Waals surface area contributed by atoms with Crippen molar-refractivity contribution in [2.24, 2.45) is 11.7 Å². The zero-order chi connectivity index (χ0) is 5.98. The molecule has 0 aliphatic heterocycles. The lowest BCUT2D eigenvalue weighted by molar-refractivity contribution is 0.332. The van der Waals surface area contributed by atoms with Crippen molar-refractivity contribution >= 4 is 0 Å². The summed E-state index contributed by atoms with van der Waals surface area (Å²) < 4.78 is 12.3. The van der Waals surface area contributed by atoms with Gasteiger partial charge in [0, 0.05) is 0 Å². The second-order valence-corrected chi connectivity index (χ2v) is 2.51. The number of halogens is 1. The number of nitrogens with two attached hydrogens (primary N) is 1. The molecule has 0 bridgehead atoms. The molecule has 0 aromatic rings. The first-order chi connectivity index (χ1) is 3.83. The largest absolute Gasteiger partial charge is 0.330 e. The van der Waals surface area contributed by atoms with E-state index in [1.54, 1.807) is 0 Å². The Morgan fingerprint density at radius 1 is 1.50 bits per heavy atom. The smallest absolute Gasteiger partial charge is 0.100 e. The summed E-state index contributed by atoms with van der Waals surface area (Å²) in [4.78, 5) is 0. The molecule has 0 saturated heterocycles. The maximum atomic E-state index is 12.3. The Bertz CT molecular complexity index is 74.9. The van der Waals surface area contributed by atoms with E-state index in [-0.39, 0.29) is 0 Å². The van der Waals surface area contributed by atoms with Crippen molar-refractivity contribution in [1.29, 1.82) is 0 Å². The molecule has 1 saturated carbocycles.